The third-order valence-electron chi connectivity index (χ3n) is 6.64. The van der Waals surface area contributed by atoms with Crippen LogP contribution in [0.15, 0.2) is 72.8 Å². The van der Waals surface area contributed by atoms with Gasteiger partial charge in [0, 0.05) is 19.0 Å². The van der Waals surface area contributed by atoms with Gasteiger partial charge in [-0.25, -0.2) is 9.18 Å². The van der Waals surface area contributed by atoms with Crippen LogP contribution in [0.5, 0.6) is 0 Å². The van der Waals surface area contributed by atoms with E-state index in [-0.39, 0.29) is 36.9 Å². The van der Waals surface area contributed by atoms with Crippen LogP contribution in [0, 0.1) is 5.82 Å². The Balaban J connectivity index is 1.96. The molecule has 196 valence electrons. The maximum absolute atomic E-state index is 13.8. The van der Waals surface area contributed by atoms with Gasteiger partial charge in [-0.15, -0.1) is 0 Å². The molecule has 0 amide bonds. The number of benzene rings is 3. The number of hydrogen-bond donors (Lipinski definition) is 0. The number of carbonyl (C=O) groups is 1. The molecule has 3 aromatic rings. The number of morpholine rings is 1. The summed E-state index contributed by atoms with van der Waals surface area (Å²) < 4.78 is 101. The van der Waals surface area contributed by atoms with Crippen LogP contribution in [-0.4, -0.2) is 24.0 Å². The minimum atomic E-state index is -5.06. The molecule has 0 bridgehead atoms. The molecule has 2 atom stereocenters. The second-order valence-corrected chi connectivity index (χ2v) is 8.88. The van der Waals surface area contributed by atoms with E-state index in [0.29, 0.717) is 12.1 Å². The number of rotatable bonds is 5. The fourth-order valence-corrected chi connectivity index (χ4v) is 4.85. The summed E-state index contributed by atoms with van der Waals surface area (Å²) in [5.41, 5.74) is -4.23. The van der Waals surface area contributed by atoms with Crippen molar-refractivity contribution in [2.45, 2.75) is 37.3 Å². The SMILES string of the molecule is C[C@H](c1cc(C(F)(F)F)cc(C(F)(F)F)c1)[C@@]1(c2ccc(F)cc2)C(=O)OCCN1Cc1ccccc1. The molecule has 10 heteroatoms. The average molecular weight is 525 g/mol. The molecule has 0 radical (unpaired) electrons. The summed E-state index contributed by atoms with van der Waals surface area (Å²) in [5.74, 6) is -2.72. The predicted molar refractivity (Wildman–Crippen MR) is 121 cm³/mol. The molecule has 3 aromatic carbocycles. The molecule has 0 N–H and O–H groups in total. The molecule has 37 heavy (non-hydrogen) atoms. The van der Waals surface area contributed by atoms with Gasteiger partial charge >= 0.3 is 18.3 Å². The summed E-state index contributed by atoms with van der Waals surface area (Å²) in [4.78, 5) is 15.2. The zero-order valence-electron chi connectivity index (χ0n) is 19.5. The molecular formula is C27H22F7NO2. The molecule has 1 heterocycles. The Kier molecular flexibility index (Phi) is 7.07. The summed E-state index contributed by atoms with van der Waals surface area (Å²) >= 11 is 0. The largest absolute Gasteiger partial charge is 0.463 e. The third kappa shape index (κ3) is 5.20. The second-order valence-electron chi connectivity index (χ2n) is 8.88. The van der Waals surface area contributed by atoms with Crippen molar-refractivity contribution in [2.75, 3.05) is 13.2 Å². The van der Waals surface area contributed by atoms with E-state index in [1.54, 1.807) is 35.2 Å². The lowest BCUT2D eigenvalue weighted by atomic mass is 9.72. The van der Waals surface area contributed by atoms with Gasteiger partial charge in [-0.1, -0.05) is 49.4 Å². The van der Waals surface area contributed by atoms with E-state index in [9.17, 15) is 35.5 Å². The number of alkyl halides is 6. The van der Waals surface area contributed by atoms with Crippen molar-refractivity contribution in [1.29, 1.82) is 0 Å². The van der Waals surface area contributed by atoms with Gasteiger partial charge in [0.15, 0.2) is 5.54 Å². The number of nitrogens with zero attached hydrogens (tertiary/aromatic N) is 1. The van der Waals surface area contributed by atoms with E-state index in [1.165, 1.54) is 19.1 Å². The topological polar surface area (TPSA) is 29.5 Å². The van der Waals surface area contributed by atoms with Crippen molar-refractivity contribution >= 4 is 5.97 Å². The van der Waals surface area contributed by atoms with Crippen LogP contribution in [0.25, 0.3) is 0 Å². The van der Waals surface area contributed by atoms with Crippen molar-refractivity contribution in [3.8, 4) is 0 Å². The lowest BCUT2D eigenvalue weighted by Gasteiger charge is -2.49. The molecule has 0 saturated carbocycles. The molecule has 0 unspecified atom stereocenters. The molecular weight excluding hydrogens is 503 g/mol. The number of carbonyl (C=O) groups excluding carboxylic acids is 1. The van der Waals surface area contributed by atoms with Crippen LogP contribution < -0.4 is 0 Å². The van der Waals surface area contributed by atoms with E-state index < -0.39 is 46.7 Å². The zero-order valence-corrected chi connectivity index (χ0v) is 19.5. The minimum absolute atomic E-state index is 0.0300. The highest BCUT2D eigenvalue weighted by Gasteiger charge is 2.54. The number of hydrogen-bond acceptors (Lipinski definition) is 3. The molecule has 1 aliphatic rings. The molecule has 1 fully saturated rings. The van der Waals surface area contributed by atoms with Gasteiger partial charge in [0.05, 0.1) is 11.1 Å². The Bertz CT molecular complexity index is 1220. The number of esters is 1. The van der Waals surface area contributed by atoms with Crippen LogP contribution in [0.2, 0.25) is 0 Å². The van der Waals surface area contributed by atoms with Gasteiger partial charge in [-0.2, -0.15) is 26.3 Å². The first-order valence-electron chi connectivity index (χ1n) is 11.3. The summed E-state index contributed by atoms with van der Waals surface area (Å²) in [6, 6.07) is 14.9. The maximum Gasteiger partial charge on any atom is 0.416 e. The highest BCUT2D eigenvalue weighted by Crippen LogP contribution is 2.47. The van der Waals surface area contributed by atoms with Crippen LogP contribution >= 0.6 is 0 Å². The summed E-state index contributed by atoms with van der Waals surface area (Å²) in [5, 5.41) is 0. The van der Waals surface area contributed by atoms with E-state index in [2.05, 4.69) is 0 Å². The molecule has 0 aliphatic carbocycles. The highest BCUT2D eigenvalue weighted by atomic mass is 19.4. The highest BCUT2D eigenvalue weighted by molar-refractivity contribution is 5.85. The van der Waals surface area contributed by atoms with Gasteiger partial charge < -0.3 is 4.74 Å². The van der Waals surface area contributed by atoms with E-state index in [0.717, 1.165) is 17.7 Å². The zero-order chi connectivity index (χ0) is 27.0. The lowest BCUT2D eigenvalue weighted by molar-refractivity contribution is -0.173. The Morgan fingerprint density at radius 3 is 2.00 bits per heavy atom. The van der Waals surface area contributed by atoms with Crippen molar-refractivity contribution in [1.82, 2.24) is 4.90 Å². The predicted octanol–water partition coefficient (Wildman–Crippen LogP) is 6.92. The Morgan fingerprint density at radius 1 is 0.892 bits per heavy atom. The number of cyclic esters (lactones) is 1. The van der Waals surface area contributed by atoms with Crippen LogP contribution in [0.1, 0.15) is 40.7 Å². The first kappa shape index (κ1) is 26.7. The van der Waals surface area contributed by atoms with Gasteiger partial charge in [-0.3, -0.25) is 4.90 Å². The fourth-order valence-electron chi connectivity index (χ4n) is 4.85. The quantitative estimate of drug-likeness (QED) is 0.268. The summed E-state index contributed by atoms with van der Waals surface area (Å²) in [6.07, 6.45) is -10.1. The molecule has 0 spiro atoms. The summed E-state index contributed by atoms with van der Waals surface area (Å²) in [7, 11) is 0. The summed E-state index contributed by atoms with van der Waals surface area (Å²) in [6.45, 7) is 1.64. The normalized spacial score (nSPS) is 19.9. The smallest absolute Gasteiger partial charge is 0.416 e. The second kappa shape index (κ2) is 9.81. The van der Waals surface area contributed by atoms with E-state index in [1.807, 2.05) is 0 Å². The van der Waals surface area contributed by atoms with Gasteiger partial charge in [0.25, 0.3) is 0 Å². The molecule has 3 nitrogen and oxygen atoms in total. The first-order valence-corrected chi connectivity index (χ1v) is 11.3. The molecule has 1 aliphatic heterocycles. The standard InChI is InChI=1S/C27H22F7NO2/c1-17(19-13-21(26(29,30)31)15-22(14-19)27(32,33)34)25(20-7-9-23(28)10-8-20)24(36)37-12-11-35(25)16-18-5-3-2-4-6-18/h2-10,13-15,17H,11-12,16H2,1H3/t17-,25-/m1/s1. The van der Waals surface area contributed by atoms with E-state index >= 15 is 0 Å². The Labute approximate surface area is 208 Å². The van der Waals surface area contributed by atoms with Crippen LogP contribution in [0.3, 0.4) is 0 Å². The first-order chi connectivity index (χ1) is 17.3. The average Bonchev–Trinajstić information content (AvgIpc) is 2.84. The van der Waals surface area contributed by atoms with Crippen molar-refractivity contribution < 1.29 is 40.3 Å². The van der Waals surface area contributed by atoms with Gasteiger partial charge in [0.2, 0.25) is 0 Å². The van der Waals surface area contributed by atoms with E-state index in [4.69, 9.17) is 4.74 Å². The monoisotopic (exact) mass is 525 g/mol. The lowest BCUT2D eigenvalue weighted by Crippen LogP contribution is -2.60. The number of ether oxygens (including phenoxy) is 1. The maximum atomic E-state index is 13.8. The van der Waals surface area contributed by atoms with Crippen molar-refractivity contribution in [3.05, 3.63) is 106 Å². The minimum Gasteiger partial charge on any atom is -0.463 e. The molecule has 1 saturated heterocycles. The van der Waals surface area contributed by atoms with Gasteiger partial charge in [-0.05, 0) is 47.0 Å². The fraction of sp³-hybridized carbons (Fsp3) is 0.296. The van der Waals surface area contributed by atoms with Crippen LogP contribution in [-0.2, 0) is 34.0 Å². The Morgan fingerprint density at radius 2 is 1.46 bits per heavy atom. The van der Waals surface area contributed by atoms with Gasteiger partial charge in [0.1, 0.15) is 12.4 Å². The van der Waals surface area contributed by atoms with Crippen molar-refractivity contribution in [3.63, 3.8) is 0 Å². The van der Waals surface area contributed by atoms with Crippen LogP contribution in [0.4, 0.5) is 30.7 Å². The molecule has 0 aromatic heterocycles. The third-order valence-corrected chi connectivity index (χ3v) is 6.64. The molecule has 4 rings (SSSR count). The number of halogens is 7. The Hall–Kier alpha value is -3.40. The van der Waals surface area contributed by atoms with Crippen molar-refractivity contribution in [2.24, 2.45) is 0 Å².